The molecule has 0 bridgehead atoms. The van der Waals surface area contributed by atoms with Gasteiger partial charge in [0.05, 0.1) is 6.04 Å². The van der Waals surface area contributed by atoms with Crippen molar-refractivity contribution in [3.05, 3.63) is 41.7 Å². The van der Waals surface area contributed by atoms with Crippen molar-refractivity contribution < 1.29 is 14.3 Å². The number of carbonyl (C=O) groups is 2. The highest BCUT2D eigenvalue weighted by Crippen LogP contribution is 2.32. The standard InChI is InChI=1S/C18H24N6O3/c1-12(2)24-15(25)11-27-17(16(24)13-7-4-3-5-8-13)18(26)19-10-6-9-14-20-22-23-21-14/h3-5,7-8,12,16-17H,6,9-11H2,1-2H3,(H,19,26)(H,20,21,22,23)/t16-,17+/m1/s1. The topological polar surface area (TPSA) is 113 Å². The minimum atomic E-state index is -0.752. The van der Waals surface area contributed by atoms with Gasteiger partial charge in [-0.05, 0) is 25.8 Å². The second-order valence-corrected chi connectivity index (χ2v) is 6.70. The van der Waals surface area contributed by atoms with Gasteiger partial charge in [-0.25, -0.2) is 0 Å². The number of carbonyl (C=O) groups excluding carboxylic acids is 2. The molecule has 144 valence electrons. The van der Waals surface area contributed by atoms with E-state index in [2.05, 4.69) is 25.9 Å². The third-order valence-electron chi connectivity index (χ3n) is 4.48. The van der Waals surface area contributed by atoms with Crippen molar-refractivity contribution in [2.24, 2.45) is 0 Å². The smallest absolute Gasteiger partial charge is 0.251 e. The zero-order valence-corrected chi connectivity index (χ0v) is 15.5. The van der Waals surface area contributed by atoms with Crippen LogP contribution in [0.5, 0.6) is 0 Å². The number of ether oxygens (including phenoxy) is 1. The molecule has 0 aliphatic carbocycles. The number of aryl methyl sites for hydroxylation is 1. The Kier molecular flexibility index (Phi) is 6.12. The zero-order valence-electron chi connectivity index (χ0n) is 15.5. The van der Waals surface area contributed by atoms with E-state index in [1.54, 1.807) is 4.90 Å². The van der Waals surface area contributed by atoms with Crippen molar-refractivity contribution in [3.8, 4) is 0 Å². The van der Waals surface area contributed by atoms with Gasteiger partial charge < -0.3 is 15.0 Å². The molecular formula is C18H24N6O3. The second-order valence-electron chi connectivity index (χ2n) is 6.70. The molecule has 3 rings (SSSR count). The van der Waals surface area contributed by atoms with E-state index in [1.165, 1.54) is 0 Å². The number of rotatable bonds is 7. The molecule has 0 saturated carbocycles. The summed E-state index contributed by atoms with van der Waals surface area (Å²) in [6.07, 6.45) is 0.541. The molecule has 0 spiro atoms. The summed E-state index contributed by atoms with van der Waals surface area (Å²) in [5, 5.41) is 16.6. The van der Waals surface area contributed by atoms with Gasteiger partial charge in [-0.15, -0.1) is 10.2 Å². The van der Waals surface area contributed by atoms with Gasteiger partial charge in [0.2, 0.25) is 5.91 Å². The minimum absolute atomic E-state index is 0.0415. The lowest BCUT2D eigenvalue weighted by atomic mass is 9.95. The molecule has 1 aromatic carbocycles. The largest absolute Gasteiger partial charge is 0.356 e. The number of H-pyrrole nitrogens is 1. The molecule has 9 heteroatoms. The molecule has 1 aliphatic heterocycles. The number of morpholine rings is 1. The van der Waals surface area contributed by atoms with Crippen molar-refractivity contribution >= 4 is 11.8 Å². The molecule has 0 radical (unpaired) electrons. The third kappa shape index (κ3) is 4.48. The number of nitrogens with one attached hydrogen (secondary N) is 2. The maximum absolute atomic E-state index is 12.8. The van der Waals surface area contributed by atoms with E-state index in [4.69, 9.17) is 4.74 Å². The van der Waals surface area contributed by atoms with Crippen LogP contribution in [0.1, 0.15) is 37.7 Å². The summed E-state index contributed by atoms with van der Waals surface area (Å²) >= 11 is 0. The van der Waals surface area contributed by atoms with E-state index < -0.39 is 12.1 Å². The number of aromatic amines is 1. The van der Waals surface area contributed by atoms with Crippen LogP contribution in [0.2, 0.25) is 0 Å². The Bertz CT molecular complexity index is 750. The molecule has 2 atom stereocenters. The fourth-order valence-corrected chi connectivity index (χ4v) is 3.29. The van der Waals surface area contributed by atoms with Gasteiger partial charge in [0.1, 0.15) is 6.61 Å². The first-order valence-electron chi connectivity index (χ1n) is 9.05. The Balaban J connectivity index is 1.69. The maximum atomic E-state index is 12.8. The summed E-state index contributed by atoms with van der Waals surface area (Å²) in [6, 6.07) is 9.03. The van der Waals surface area contributed by atoms with Crippen LogP contribution in [-0.4, -0.2) is 62.6 Å². The van der Waals surface area contributed by atoms with E-state index in [0.29, 0.717) is 25.2 Å². The van der Waals surface area contributed by atoms with Crippen LogP contribution < -0.4 is 5.32 Å². The molecule has 2 amide bonds. The lowest BCUT2D eigenvalue weighted by Crippen LogP contribution is -2.56. The van der Waals surface area contributed by atoms with Gasteiger partial charge in [-0.1, -0.05) is 35.5 Å². The van der Waals surface area contributed by atoms with E-state index in [-0.39, 0.29) is 24.5 Å². The lowest BCUT2D eigenvalue weighted by molar-refractivity contribution is -0.167. The monoisotopic (exact) mass is 372 g/mol. The Morgan fingerprint density at radius 1 is 1.37 bits per heavy atom. The third-order valence-corrected chi connectivity index (χ3v) is 4.48. The fourth-order valence-electron chi connectivity index (χ4n) is 3.29. The highest BCUT2D eigenvalue weighted by Gasteiger charge is 2.42. The molecule has 27 heavy (non-hydrogen) atoms. The molecule has 9 nitrogen and oxygen atoms in total. The van der Waals surface area contributed by atoms with Gasteiger partial charge in [-0.3, -0.25) is 9.59 Å². The summed E-state index contributed by atoms with van der Waals surface area (Å²) in [6.45, 7) is 4.25. The Hall–Kier alpha value is -2.81. The van der Waals surface area contributed by atoms with Gasteiger partial charge in [0, 0.05) is 19.0 Å². The van der Waals surface area contributed by atoms with Crippen molar-refractivity contribution in [2.75, 3.05) is 13.2 Å². The fraction of sp³-hybridized carbons (Fsp3) is 0.500. The molecule has 1 saturated heterocycles. The van der Waals surface area contributed by atoms with Crippen LogP contribution in [0, 0.1) is 0 Å². The summed E-state index contributed by atoms with van der Waals surface area (Å²) in [7, 11) is 0. The van der Waals surface area contributed by atoms with E-state index in [1.807, 2.05) is 44.2 Å². The number of amides is 2. The highest BCUT2D eigenvalue weighted by molar-refractivity contribution is 5.86. The van der Waals surface area contributed by atoms with E-state index in [0.717, 1.165) is 5.56 Å². The van der Waals surface area contributed by atoms with Gasteiger partial charge in [0.15, 0.2) is 11.9 Å². The molecule has 1 aliphatic rings. The number of benzene rings is 1. The number of hydrogen-bond donors (Lipinski definition) is 2. The summed E-state index contributed by atoms with van der Waals surface area (Å²) in [5.41, 5.74) is 0.881. The molecule has 1 aromatic heterocycles. The average Bonchev–Trinajstić information content (AvgIpc) is 3.18. The lowest BCUT2D eigenvalue weighted by Gasteiger charge is -2.42. The van der Waals surface area contributed by atoms with E-state index >= 15 is 0 Å². The van der Waals surface area contributed by atoms with E-state index in [9.17, 15) is 9.59 Å². The van der Waals surface area contributed by atoms with Crippen LogP contribution in [0.4, 0.5) is 0 Å². The second kappa shape index (κ2) is 8.72. The molecule has 1 fully saturated rings. The highest BCUT2D eigenvalue weighted by atomic mass is 16.5. The van der Waals surface area contributed by atoms with Gasteiger partial charge in [0.25, 0.3) is 5.91 Å². The van der Waals surface area contributed by atoms with Crippen molar-refractivity contribution in [3.63, 3.8) is 0 Å². The predicted octanol–water partition coefficient (Wildman–Crippen LogP) is 0.626. The van der Waals surface area contributed by atoms with Crippen molar-refractivity contribution in [1.29, 1.82) is 0 Å². The molecule has 2 heterocycles. The number of nitrogens with zero attached hydrogens (tertiary/aromatic N) is 4. The van der Waals surface area contributed by atoms with Crippen LogP contribution in [0.3, 0.4) is 0 Å². The summed E-state index contributed by atoms with van der Waals surface area (Å²) in [4.78, 5) is 27.0. The van der Waals surface area contributed by atoms with Crippen molar-refractivity contribution in [2.45, 2.75) is 44.9 Å². The Morgan fingerprint density at radius 3 is 2.81 bits per heavy atom. The van der Waals surface area contributed by atoms with Crippen LogP contribution in [0.15, 0.2) is 30.3 Å². The first-order valence-corrected chi connectivity index (χ1v) is 9.05. The molecular weight excluding hydrogens is 348 g/mol. The van der Waals surface area contributed by atoms with Crippen LogP contribution in [0.25, 0.3) is 0 Å². The molecule has 2 N–H and O–H groups in total. The normalized spacial score (nSPS) is 20.1. The number of aromatic nitrogens is 4. The average molecular weight is 372 g/mol. The van der Waals surface area contributed by atoms with Crippen molar-refractivity contribution in [1.82, 2.24) is 30.8 Å². The number of hydrogen-bond acceptors (Lipinski definition) is 6. The quantitative estimate of drug-likeness (QED) is 0.689. The Morgan fingerprint density at radius 2 is 2.15 bits per heavy atom. The summed E-state index contributed by atoms with van der Waals surface area (Å²) < 4.78 is 5.66. The van der Waals surface area contributed by atoms with Gasteiger partial charge >= 0.3 is 0 Å². The molecule has 0 unspecified atom stereocenters. The number of tetrazole rings is 1. The van der Waals surface area contributed by atoms with Gasteiger partial charge in [-0.2, -0.15) is 5.21 Å². The maximum Gasteiger partial charge on any atom is 0.251 e. The van der Waals surface area contributed by atoms with Crippen LogP contribution >= 0.6 is 0 Å². The SMILES string of the molecule is CC(C)N1C(=O)CO[C@H](C(=O)NCCCc2nn[nH]n2)[C@H]1c1ccccc1. The molecule has 2 aromatic rings. The Labute approximate surface area is 157 Å². The summed E-state index contributed by atoms with van der Waals surface area (Å²) in [5.74, 6) is 0.270. The zero-order chi connectivity index (χ0) is 19.2. The first-order chi connectivity index (χ1) is 13.1. The van der Waals surface area contributed by atoms with Crippen LogP contribution in [-0.2, 0) is 20.7 Å². The minimum Gasteiger partial charge on any atom is -0.356 e. The predicted molar refractivity (Wildman–Crippen MR) is 96.4 cm³/mol. The first kappa shape index (κ1) is 19.0.